The zero-order valence-corrected chi connectivity index (χ0v) is 20.2. The monoisotopic (exact) mass is 400 g/mol. The van der Waals surface area contributed by atoms with Gasteiger partial charge in [-0.3, -0.25) is 0 Å². The van der Waals surface area contributed by atoms with E-state index in [4.69, 9.17) is 0 Å². The Bertz CT molecular complexity index is 486. The van der Waals surface area contributed by atoms with Crippen LogP contribution >= 0.6 is 0 Å². The van der Waals surface area contributed by atoms with Crippen molar-refractivity contribution in [3.63, 3.8) is 0 Å². The first kappa shape index (κ1) is 22.2. The van der Waals surface area contributed by atoms with E-state index in [2.05, 4.69) is 13.8 Å². The van der Waals surface area contributed by atoms with Gasteiger partial charge in [0.05, 0.1) is 0 Å². The molecule has 0 radical (unpaired) electrons. The highest BCUT2D eigenvalue weighted by Gasteiger charge is 2.42. The molecule has 4 saturated carbocycles. The predicted octanol–water partition coefficient (Wildman–Crippen LogP) is 9.85. The fraction of sp³-hybridized carbons (Fsp3) is 1.00. The summed E-state index contributed by atoms with van der Waals surface area (Å²) in [6.07, 6.45) is 34.0. The van der Waals surface area contributed by atoms with E-state index in [1.807, 2.05) is 0 Å². The quantitative estimate of drug-likeness (QED) is 0.379. The van der Waals surface area contributed by atoms with Gasteiger partial charge in [0.15, 0.2) is 0 Å². The Morgan fingerprint density at radius 3 is 0.931 bits per heavy atom. The highest BCUT2D eigenvalue weighted by molar-refractivity contribution is 4.94. The molecule has 29 heavy (non-hydrogen) atoms. The molecule has 0 aliphatic heterocycles. The molecule has 4 aliphatic carbocycles. The van der Waals surface area contributed by atoms with Crippen LogP contribution in [0.4, 0.5) is 0 Å². The third kappa shape index (κ3) is 5.63. The van der Waals surface area contributed by atoms with E-state index < -0.39 is 0 Å². The second-order valence-corrected chi connectivity index (χ2v) is 13.1. The summed E-state index contributed by atoms with van der Waals surface area (Å²) < 4.78 is 0. The topological polar surface area (TPSA) is 0 Å². The van der Waals surface area contributed by atoms with E-state index >= 15 is 0 Å². The van der Waals surface area contributed by atoms with Crippen molar-refractivity contribution in [1.29, 1.82) is 0 Å². The SMILES string of the molecule is CC1CC2(CCCCCCC3(CCCCC4(CCCCC2)CC(C)C4)CCC3)C1. The average molecular weight is 401 g/mol. The third-order valence-electron chi connectivity index (χ3n) is 10.3. The molecule has 0 aromatic rings. The molecule has 4 rings (SSSR count). The van der Waals surface area contributed by atoms with Gasteiger partial charge in [0.2, 0.25) is 0 Å². The van der Waals surface area contributed by atoms with Gasteiger partial charge < -0.3 is 0 Å². The van der Waals surface area contributed by atoms with E-state index in [9.17, 15) is 0 Å². The minimum absolute atomic E-state index is 0.778. The number of rotatable bonds is 0. The molecule has 0 saturated heterocycles. The van der Waals surface area contributed by atoms with Gasteiger partial charge in [-0.1, -0.05) is 78.1 Å². The fourth-order valence-corrected chi connectivity index (χ4v) is 8.74. The van der Waals surface area contributed by atoms with E-state index in [0.717, 1.165) is 28.1 Å². The first-order chi connectivity index (χ1) is 14.0. The van der Waals surface area contributed by atoms with Crippen molar-refractivity contribution in [2.45, 2.75) is 155 Å². The van der Waals surface area contributed by atoms with E-state index in [-0.39, 0.29) is 0 Å². The van der Waals surface area contributed by atoms with Crippen LogP contribution in [0.3, 0.4) is 0 Å². The van der Waals surface area contributed by atoms with Gasteiger partial charge in [-0.05, 0) is 105 Å². The molecule has 0 nitrogen and oxygen atoms in total. The van der Waals surface area contributed by atoms with Gasteiger partial charge >= 0.3 is 0 Å². The van der Waals surface area contributed by atoms with Crippen molar-refractivity contribution >= 4 is 0 Å². The number of hydrogen-bond donors (Lipinski definition) is 0. The average Bonchev–Trinajstić information content (AvgIpc) is 2.61. The molecular formula is C29H52. The van der Waals surface area contributed by atoms with Crippen molar-refractivity contribution in [3.8, 4) is 0 Å². The lowest BCUT2D eigenvalue weighted by atomic mass is 9.57. The Hall–Kier alpha value is 0. The van der Waals surface area contributed by atoms with Crippen molar-refractivity contribution in [1.82, 2.24) is 0 Å². The maximum atomic E-state index is 2.50. The van der Waals surface area contributed by atoms with Crippen LogP contribution in [0.25, 0.3) is 0 Å². The second kappa shape index (κ2) is 9.65. The summed E-state index contributed by atoms with van der Waals surface area (Å²) in [5.41, 5.74) is 2.36. The molecule has 0 aromatic heterocycles. The summed E-state index contributed by atoms with van der Waals surface area (Å²) in [4.78, 5) is 0. The predicted molar refractivity (Wildman–Crippen MR) is 127 cm³/mol. The summed E-state index contributed by atoms with van der Waals surface area (Å²) in [6, 6.07) is 0. The van der Waals surface area contributed by atoms with Crippen LogP contribution < -0.4 is 0 Å². The Morgan fingerprint density at radius 1 is 0.345 bits per heavy atom. The molecule has 3 spiro atoms. The molecule has 0 heterocycles. The lowest BCUT2D eigenvalue weighted by Crippen LogP contribution is -2.36. The molecule has 0 heteroatoms. The Morgan fingerprint density at radius 2 is 0.621 bits per heavy atom. The summed E-state index contributed by atoms with van der Waals surface area (Å²) in [7, 11) is 0. The lowest BCUT2D eigenvalue weighted by Gasteiger charge is -2.49. The van der Waals surface area contributed by atoms with Gasteiger partial charge in [0.25, 0.3) is 0 Å². The summed E-state index contributed by atoms with van der Waals surface area (Å²) in [5, 5.41) is 0. The van der Waals surface area contributed by atoms with Crippen molar-refractivity contribution in [3.05, 3.63) is 0 Å². The van der Waals surface area contributed by atoms with Crippen LogP contribution in [0.1, 0.15) is 155 Å². The highest BCUT2D eigenvalue weighted by atomic mass is 14.5. The van der Waals surface area contributed by atoms with Gasteiger partial charge in [-0.2, -0.15) is 0 Å². The van der Waals surface area contributed by atoms with Crippen molar-refractivity contribution in [2.24, 2.45) is 28.1 Å². The Balaban J connectivity index is 1.31. The minimum atomic E-state index is 0.778. The molecule has 0 unspecified atom stereocenters. The van der Waals surface area contributed by atoms with Crippen LogP contribution in [0, 0.1) is 28.1 Å². The van der Waals surface area contributed by atoms with Crippen molar-refractivity contribution in [2.75, 3.05) is 0 Å². The summed E-state index contributed by atoms with van der Waals surface area (Å²) >= 11 is 0. The van der Waals surface area contributed by atoms with Crippen LogP contribution in [-0.4, -0.2) is 0 Å². The maximum absolute atomic E-state index is 2.50. The van der Waals surface area contributed by atoms with Crippen LogP contribution in [-0.2, 0) is 0 Å². The second-order valence-electron chi connectivity index (χ2n) is 13.1. The van der Waals surface area contributed by atoms with E-state index in [1.165, 1.54) is 64.2 Å². The minimum Gasteiger partial charge on any atom is -0.0625 e. The Kier molecular flexibility index (Phi) is 7.39. The van der Waals surface area contributed by atoms with Crippen molar-refractivity contribution < 1.29 is 0 Å². The molecular weight excluding hydrogens is 348 g/mol. The molecule has 0 amide bonds. The maximum Gasteiger partial charge on any atom is -0.0292 e. The first-order valence-electron chi connectivity index (χ1n) is 14.0. The summed E-state index contributed by atoms with van der Waals surface area (Å²) in [5.74, 6) is 2.04. The summed E-state index contributed by atoms with van der Waals surface area (Å²) in [6.45, 7) is 5.00. The molecule has 168 valence electrons. The van der Waals surface area contributed by atoms with E-state index in [1.54, 1.807) is 77.0 Å². The molecule has 4 aliphatic rings. The standard InChI is InChI=1S/C29H52/c1-25-21-28(22-25)15-7-4-3-6-13-27(19-12-20-27)14-10-11-18-29(23-26(2)24-29)17-9-5-8-16-28/h25-26H,3-24H2,1-2H3. The zero-order valence-electron chi connectivity index (χ0n) is 20.2. The normalized spacial score (nSPS) is 42.4. The largest absolute Gasteiger partial charge is 0.0625 e. The van der Waals surface area contributed by atoms with Gasteiger partial charge in [0, 0.05) is 0 Å². The smallest absolute Gasteiger partial charge is 0.0292 e. The molecule has 0 aromatic carbocycles. The van der Waals surface area contributed by atoms with Crippen LogP contribution in [0.15, 0.2) is 0 Å². The number of hydrogen-bond acceptors (Lipinski definition) is 0. The molecule has 0 N–H and O–H groups in total. The third-order valence-corrected chi connectivity index (χ3v) is 10.3. The molecule has 4 fully saturated rings. The fourth-order valence-electron chi connectivity index (χ4n) is 8.74. The van der Waals surface area contributed by atoms with Crippen LogP contribution in [0.5, 0.6) is 0 Å². The highest BCUT2D eigenvalue weighted by Crippen LogP contribution is 2.55. The zero-order chi connectivity index (χ0) is 20.2. The molecule has 0 atom stereocenters. The molecule has 0 bridgehead atoms. The Labute approximate surface area is 183 Å². The van der Waals surface area contributed by atoms with Gasteiger partial charge in [-0.15, -0.1) is 0 Å². The van der Waals surface area contributed by atoms with Crippen LogP contribution in [0.2, 0.25) is 0 Å². The first-order valence-corrected chi connectivity index (χ1v) is 14.0. The van der Waals surface area contributed by atoms with Gasteiger partial charge in [-0.25, -0.2) is 0 Å². The lowest BCUT2D eigenvalue weighted by molar-refractivity contribution is 0.0290. The van der Waals surface area contributed by atoms with Gasteiger partial charge in [0.1, 0.15) is 0 Å². The van der Waals surface area contributed by atoms with E-state index in [0.29, 0.717) is 0 Å².